The molecule has 3 rings (SSSR count). The van der Waals surface area contributed by atoms with Gasteiger partial charge in [0.2, 0.25) is 0 Å². The van der Waals surface area contributed by atoms with Crippen LogP contribution >= 0.6 is 0 Å². The molecule has 0 saturated carbocycles. The number of aliphatic hydroxyl groups excluding tert-OH is 2. The number of carbonyl (C=O) groups is 1. The van der Waals surface area contributed by atoms with Crippen molar-refractivity contribution in [1.29, 1.82) is 5.26 Å². The molecule has 162 valence electrons. The van der Waals surface area contributed by atoms with Crippen LogP contribution < -0.4 is 15.3 Å². The molecule has 7 nitrogen and oxygen atoms in total. The van der Waals surface area contributed by atoms with Gasteiger partial charge in [0, 0.05) is 21.9 Å². The third-order valence-electron chi connectivity index (χ3n) is 5.61. The van der Waals surface area contributed by atoms with Gasteiger partial charge >= 0.3 is 0 Å². The summed E-state index contributed by atoms with van der Waals surface area (Å²) in [5.41, 5.74) is 2.14. The van der Waals surface area contributed by atoms with Crippen molar-refractivity contribution in [1.82, 2.24) is 4.98 Å². The van der Waals surface area contributed by atoms with Gasteiger partial charge in [0.05, 0.1) is 30.2 Å². The van der Waals surface area contributed by atoms with E-state index in [0.29, 0.717) is 33.1 Å². The number of methoxy groups -OCH3 is 1. The summed E-state index contributed by atoms with van der Waals surface area (Å²) in [7, 11) is 1.57. The van der Waals surface area contributed by atoms with E-state index < -0.39 is 18.1 Å². The number of nitrogens with zero attached hydrogens (tertiary/aromatic N) is 1. The van der Waals surface area contributed by atoms with E-state index in [1.807, 2.05) is 19.9 Å². The van der Waals surface area contributed by atoms with E-state index in [4.69, 9.17) is 14.6 Å². The molecule has 3 N–H and O–H groups in total. The molecule has 1 heterocycles. The number of carbonyl (C=O) groups excluding carboxylic acids is 1. The van der Waals surface area contributed by atoms with Crippen LogP contribution in [0.1, 0.15) is 48.0 Å². The van der Waals surface area contributed by atoms with Crippen LogP contribution in [0.3, 0.4) is 0 Å². The first-order valence-corrected chi connectivity index (χ1v) is 9.88. The minimum absolute atomic E-state index is 0.169. The number of ether oxygens (including phenoxy) is 2. The summed E-state index contributed by atoms with van der Waals surface area (Å²) >= 11 is 0. The van der Waals surface area contributed by atoms with E-state index in [-0.39, 0.29) is 23.7 Å². The number of H-pyrrole nitrogens is 1. The lowest BCUT2D eigenvalue weighted by molar-refractivity contribution is 0.0441. The van der Waals surface area contributed by atoms with E-state index in [0.717, 1.165) is 5.56 Å². The monoisotopic (exact) mass is 422 g/mol. The highest BCUT2D eigenvalue weighted by Gasteiger charge is 2.39. The third kappa shape index (κ3) is 3.65. The second-order valence-electron chi connectivity index (χ2n) is 7.88. The molecular weight excluding hydrogens is 396 g/mol. The number of aliphatic hydroxyl groups is 2. The fraction of sp³-hybridized carbons (Fsp3) is 0.333. The predicted octanol–water partition coefficient (Wildman–Crippen LogP) is 1.25. The van der Waals surface area contributed by atoms with Gasteiger partial charge in [-0.05, 0) is 30.7 Å². The molecular formula is C24H26N2O5. The minimum atomic E-state index is -1.11. The van der Waals surface area contributed by atoms with Crippen LogP contribution in [0.15, 0.2) is 29.8 Å². The molecule has 0 saturated heterocycles. The quantitative estimate of drug-likeness (QED) is 0.604. The van der Waals surface area contributed by atoms with E-state index in [9.17, 15) is 15.2 Å². The van der Waals surface area contributed by atoms with Gasteiger partial charge in [0.15, 0.2) is 11.5 Å². The van der Waals surface area contributed by atoms with E-state index in [1.54, 1.807) is 32.2 Å². The Balaban J connectivity index is 2.32. The van der Waals surface area contributed by atoms with Crippen LogP contribution in [-0.2, 0) is 10.2 Å². The third-order valence-corrected chi connectivity index (χ3v) is 5.61. The van der Waals surface area contributed by atoms with E-state index >= 15 is 0 Å². The predicted molar refractivity (Wildman–Crippen MR) is 116 cm³/mol. The normalized spacial score (nSPS) is 16.7. The molecule has 2 aromatic rings. The van der Waals surface area contributed by atoms with Crippen molar-refractivity contribution in [2.45, 2.75) is 32.3 Å². The first kappa shape index (κ1) is 22.3. The summed E-state index contributed by atoms with van der Waals surface area (Å²) in [6.07, 6.45) is 0.464. The fourth-order valence-electron chi connectivity index (χ4n) is 3.85. The van der Waals surface area contributed by atoms with Crippen LogP contribution in [0.2, 0.25) is 0 Å². The molecule has 1 atom stereocenters. The maximum absolute atomic E-state index is 13.4. The molecule has 0 bridgehead atoms. The van der Waals surface area contributed by atoms with Gasteiger partial charge in [0.25, 0.3) is 0 Å². The number of fused-ring (bicyclic) bond motifs is 2. The Bertz CT molecular complexity index is 1210. The Kier molecular flexibility index (Phi) is 6.07. The van der Waals surface area contributed by atoms with Crippen molar-refractivity contribution >= 4 is 18.1 Å². The Morgan fingerprint density at radius 3 is 2.71 bits per heavy atom. The number of rotatable bonds is 6. The average molecular weight is 422 g/mol. The number of allylic oxidation sites excluding steroid dienone is 1. The second kappa shape index (κ2) is 8.42. The number of aromatic nitrogens is 1. The maximum Gasteiger partial charge on any atom is 0.195 e. The van der Waals surface area contributed by atoms with Crippen molar-refractivity contribution in [3.63, 3.8) is 0 Å². The van der Waals surface area contributed by atoms with Gasteiger partial charge in [-0.3, -0.25) is 4.79 Å². The molecule has 0 spiro atoms. The summed E-state index contributed by atoms with van der Waals surface area (Å²) in [4.78, 5) is 16.6. The smallest absolute Gasteiger partial charge is 0.195 e. The highest BCUT2D eigenvalue weighted by molar-refractivity contribution is 6.13. The molecule has 1 aromatic carbocycles. The summed E-state index contributed by atoms with van der Waals surface area (Å²) in [6.45, 7) is 9.08. The number of aromatic amines is 1. The maximum atomic E-state index is 13.4. The lowest BCUT2D eigenvalue weighted by atomic mass is 9.71. The molecule has 1 aromatic heterocycles. The van der Waals surface area contributed by atoms with Gasteiger partial charge < -0.3 is 24.7 Å². The van der Waals surface area contributed by atoms with E-state index in [1.165, 1.54) is 0 Å². The molecule has 0 unspecified atom stereocenters. The minimum Gasteiger partial charge on any atom is -0.497 e. The second-order valence-corrected chi connectivity index (χ2v) is 7.88. The van der Waals surface area contributed by atoms with E-state index in [2.05, 4.69) is 17.6 Å². The zero-order valence-electron chi connectivity index (χ0n) is 18.1. The Hall–Kier alpha value is -3.34. The Morgan fingerprint density at radius 1 is 1.42 bits per heavy atom. The van der Waals surface area contributed by atoms with Crippen molar-refractivity contribution in [2.75, 3.05) is 20.3 Å². The Labute approximate surface area is 180 Å². The van der Waals surface area contributed by atoms with Crippen LogP contribution in [0.25, 0.3) is 12.3 Å². The standard InChI is InChI=1S/C24H26N2O5/c1-6-14(10-25)22(31-12-15(28)11-27)20-13(2)19-21(29)17-8-7-16(30-5)9-18(17)24(3,4)23(19)26-20/h6-9,15,26-28H,2,11-12H2,1,3-5H3/b14-6-,22-20-/t15-/m0/s1. The molecule has 0 radical (unpaired) electrons. The van der Waals surface area contributed by atoms with Crippen LogP contribution in [-0.4, -0.2) is 47.4 Å². The number of benzene rings is 1. The number of hydrogen-bond acceptors (Lipinski definition) is 6. The number of ketones is 1. The molecule has 1 aliphatic carbocycles. The first-order chi connectivity index (χ1) is 14.7. The van der Waals surface area contributed by atoms with Crippen molar-refractivity contribution < 1.29 is 24.5 Å². The zero-order chi connectivity index (χ0) is 22.9. The topological polar surface area (TPSA) is 116 Å². The van der Waals surface area contributed by atoms with Gasteiger partial charge in [-0.25, -0.2) is 0 Å². The number of nitriles is 1. The van der Waals surface area contributed by atoms with Crippen LogP contribution in [0.4, 0.5) is 0 Å². The summed E-state index contributed by atoms with van der Waals surface area (Å²) in [6, 6.07) is 7.42. The lowest BCUT2D eigenvalue weighted by Gasteiger charge is -2.32. The van der Waals surface area contributed by atoms with Crippen molar-refractivity contribution in [2.24, 2.45) is 0 Å². The molecule has 0 aliphatic heterocycles. The highest BCUT2D eigenvalue weighted by atomic mass is 16.5. The number of nitrogens with one attached hydrogen (secondary N) is 1. The summed E-state index contributed by atoms with van der Waals surface area (Å²) < 4.78 is 11.1. The lowest BCUT2D eigenvalue weighted by Crippen LogP contribution is -2.33. The average Bonchev–Trinajstić information content (AvgIpc) is 3.12. The van der Waals surface area contributed by atoms with Crippen molar-refractivity contribution in [3.8, 4) is 11.8 Å². The largest absolute Gasteiger partial charge is 0.497 e. The summed E-state index contributed by atoms with van der Waals surface area (Å²) in [5.74, 6) is 0.648. The molecule has 0 amide bonds. The first-order valence-electron chi connectivity index (χ1n) is 9.88. The summed E-state index contributed by atoms with van der Waals surface area (Å²) in [5, 5.41) is 29.2. The van der Waals surface area contributed by atoms with Gasteiger partial charge in [-0.15, -0.1) is 0 Å². The van der Waals surface area contributed by atoms with Gasteiger partial charge in [0.1, 0.15) is 24.5 Å². The SMILES string of the molecule is C=c1c2c([nH]/c1=C(OC[C@@H](O)CO)/C(C#N)=C\C)C(C)(C)c1cc(OC)ccc1C2=O. The Morgan fingerprint density at radius 2 is 2.13 bits per heavy atom. The highest BCUT2D eigenvalue weighted by Crippen LogP contribution is 2.40. The van der Waals surface area contributed by atoms with Crippen LogP contribution in [0, 0.1) is 11.3 Å². The molecule has 7 heteroatoms. The molecule has 31 heavy (non-hydrogen) atoms. The van der Waals surface area contributed by atoms with Crippen LogP contribution in [0.5, 0.6) is 5.75 Å². The number of hydrogen-bond donors (Lipinski definition) is 3. The zero-order valence-corrected chi connectivity index (χ0v) is 18.1. The van der Waals surface area contributed by atoms with Gasteiger partial charge in [-0.2, -0.15) is 5.26 Å². The van der Waals surface area contributed by atoms with Crippen molar-refractivity contribution in [3.05, 3.63) is 62.8 Å². The van der Waals surface area contributed by atoms with Gasteiger partial charge in [-0.1, -0.05) is 26.5 Å². The molecule has 1 aliphatic rings. The molecule has 0 fully saturated rings. The fourth-order valence-corrected chi connectivity index (χ4v) is 3.85.